The highest BCUT2D eigenvalue weighted by molar-refractivity contribution is 6.28. The predicted molar refractivity (Wildman–Crippen MR) is 96.5 cm³/mol. The third kappa shape index (κ3) is 5.02. The van der Waals surface area contributed by atoms with Crippen molar-refractivity contribution in [3.8, 4) is 0 Å². The number of nitrogens with one attached hydrogen (secondary N) is 2. The summed E-state index contributed by atoms with van der Waals surface area (Å²) in [5.41, 5.74) is 4.86. The average molecular weight is 369 g/mol. The van der Waals surface area contributed by atoms with E-state index in [1.807, 2.05) is 32.8 Å². The zero-order chi connectivity index (χ0) is 18.8. The first-order chi connectivity index (χ1) is 11.6. The minimum atomic E-state index is -0.676. The van der Waals surface area contributed by atoms with Gasteiger partial charge in [0.15, 0.2) is 0 Å². The normalized spacial score (nSPS) is 17.7. The number of nitrogens with two attached hydrogens (primary N) is 1. The lowest BCUT2D eigenvalue weighted by Gasteiger charge is -2.34. The van der Waals surface area contributed by atoms with Gasteiger partial charge in [-0.25, -0.2) is 9.97 Å². The number of rotatable bonds is 8. The van der Waals surface area contributed by atoms with E-state index >= 15 is 0 Å². The summed E-state index contributed by atoms with van der Waals surface area (Å²) in [5.74, 6) is 0.0898. The smallest absolute Gasteiger partial charge is 0.267 e. The minimum absolute atomic E-state index is 0.0280. The molecule has 4 N–H and O–H groups in total. The van der Waals surface area contributed by atoms with Crippen molar-refractivity contribution < 1.29 is 9.59 Å². The van der Waals surface area contributed by atoms with Gasteiger partial charge in [-0.3, -0.25) is 14.5 Å². The van der Waals surface area contributed by atoms with E-state index in [9.17, 15) is 9.59 Å². The molecule has 1 heterocycles. The summed E-state index contributed by atoms with van der Waals surface area (Å²) in [6.45, 7) is 4.32. The van der Waals surface area contributed by atoms with Crippen LogP contribution in [0.4, 0.5) is 5.82 Å². The van der Waals surface area contributed by atoms with E-state index in [1.165, 1.54) is 6.07 Å². The van der Waals surface area contributed by atoms with E-state index in [0.717, 1.165) is 12.8 Å². The van der Waals surface area contributed by atoms with Crippen LogP contribution in [-0.2, 0) is 4.79 Å². The number of amides is 2. The molecule has 25 heavy (non-hydrogen) atoms. The lowest BCUT2D eigenvalue weighted by atomic mass is 9.95. The lowest BCUT2D eigenvalue weighted by molar-refractivity contribution is -0.126. The highest BCUT2D eigenvalue weighted by Gasteiger charge is 2.43. The number of likely N-dealkylation sites (N-methyl/N-ethyl adjacent to an activating group) is 1. The predicted octanol–water partition coefficient (Wildman–Crippen LogP) is 0.876. The highest BCUT2D eigenvalue weighted by atomic mass is 35.5. The van der Waals surface area contributed by atoms with Gasteiger partial charge in [0.2, 0.25) is 11.2 Å². The summed E-state index contributed by atoms with van der Waals surface area (Å²) < 4.78 is 0. The molecule has 9 heteroatoms. The van der Waals surface area contributed by atoms with Crippen LogP contribution in [0.15, 0.2) is 6.07 Å². The molecule has 8 nitrogen and oxygen atoms in total. The minimum Gasteiger partial charge on any atom is -0.368 e. The summed E-state index contributed by atoms with van der Waals surface area (Å²) in [4.78, 5) is 33.4. The second-order valence-electron chi connectivity index (χ2n) is 6.95. The van der Waals surface area contributed by atoms with Crippen LogP contribution >= 0.6 is 11.6 Å². The molecule has 2 amide bonds. The van der Waals surface area contributed by atoms with Gasteiger partial charge in [0, 0.05) is 12.6 Å². The number of carbonyl (C=O) groups excluding carboxylic acids is 2. The zero-order valence-corrected chi connectivity index (χ0v) is 15.7. The molecule has 0 aromatic carbocycles. The molecule has 0 saturated heterocycles. The van der Waals surface area contributed by atoms with Crippen molar-refractivity contribution in [3.63, 3.8) is 0 Å². The Morgan fingerprint density at radius 3 is 2.60 bits per heavy atom. The average Bonchev–Trinajstić information content (AvgIpc) is 3.36. The van der Waals surface area contributed by atoms with Crippen LogP contribution in [0.3, 0.4) is 0 Å². The van der Waals surface area contributed by atoms with Gasteiger partial charge in [0.25, 0.3) is 5.91 Å². The van der Waals surface area contributed by atoms with Gasteiger partial charge in [-0.2, -0.15) is 0 Å². The highest BCUT2D eigenvalue weighted by Crippen LogP contribution is 2.39. The molecule has 0 aliphatic heterocycles. The largest absolute Gasteiger partial charge is 0.368 e. The topological polar surface area (TPSA) is 113 Å². The molecule has 1 unspecified atom stereocenters. The van der Waals surface area contributed by atoms with Crippen molar-refractivity contribution in [1.29, 1.82) is 0 Å². The molecule has 0 radical (unpaired) electrons. The molecular formula is C16H25ClN6O2. The molecule has 0 spiro atoms. The summed E-state index contributed by atoms with van der Waals surface area (Å²) in [6, 6.07) is 1.22. The first kappa shape index (κ1) is 19.4. The van der Waals surface area contributed by atoms with Crippen molar-refractivity contribution >= 4 is 29.2 Å². The van der Waals surface area contributed by atoms with Gasteiger partial charge in [-0.15, -0.1) is 0 Å². The number of nitrogens with zero attached hydrogens (tertiary/aromatic N) is 3. The number of hydrogen-bond acceptors (Lipinski definition) is 6. The Kier molecular flexibility index (Phi) is 5.84. The Morgan fingerprint density at radius 1 is 1.44 bits per heavy atom. The number of primary amides is 1. The molecule has 1 aliphatic carbocycles. The van der Waals surface area contributed by atoms with E-state index in [4.69, 9.17) is 17.3 Å². The summed E-state index contributed by atoms with van der Waals surface area (Å²) in [6.07, 6.45) is 2.12. The molecule has 138 valence electrons. The summed E-state index contributed by atoms with van der Waals surface area (Å²) in [7, 11) is 3.73. The maximum atomic E-state index is 12.5. The molecule has 1 fully saturated rings. The Bertz CT molecular complexity index is 664. The third-order valence-electron chi connectivity index (χ3n) is 4.63. The number of hydrogen-bond donors (Lipinski definition) is 3. The second kappa shape index (κ2) is 7.53. The van der Waals surface area contributed by atoms with Gasteiger partial charge in [-0.1, -0.05) is 0 Å². The van der Waals surface area contributed by atoms with Gasteiger partial charge in [0.1, 0.15) is 11.5 Å². The van der Waals surface area contributed by atoms with Crippen molar-refractivity contribution in [2.24, 2.45) is 11.7 Å². The van der Waals surface area contributed by atoms with E-state index in [1.54, 1.807) is 0 Å². The van der Waals surface area contributed by atoms with Crippen molar-refractivity contribution in [3.05, 3.63) is 17.0 Å². The summed E-state index contributed by atoms with van der Waals surface area (Å²) >= 11 is 5.83. The summed E-state index contributed by atoms with van der Waals surface area (Å²) in [5, 5.41) is 6.23. The van der Waals surface area contributed by atoms with Crippen LogP contribution in [0.5, 0.6) is 0 Å². The lowest BCUT2D eigenvalue weighted by Crippen LogP contribution is -2.56. The van der Waals surface area contributed by atoms with Crippen LogP contribution < -0.4 is 16.4 Å². The maximum Gasteiger partial charge on any atom is 0.267 e. The van der Waals surface area contributed by atoms with Crippen LogP contribution in [0.25, 0.3) is 0 Å². The maximum absolute atomic E-state index is 12.5. The number of aromatic nitrogens is 2. The van der Waals surface area contributed by atoms with Gasteiger partial charge in [0.05, 0.1) is 11.6 Å². The molecule has 2 rings (SSSR count). The van der Waals surface area contributed by atoms with Crippen LogP contribution in [0.2, 0.25) is 5.28 Å². The fraction of sp³-hybridized carbons (Fsp3) is 0.625. The van der Waals surface area contributed by atoms with Crippen molar-refractivity contribution in [1.82, 2.24) is 20.2 Å². The number of carbonyl (C=O) groups is 2. The molecule has 2 atom stereocenters. The fourth-order valence-corrected chi connectivity index (χ4v) is 2.72. The number of anilines is 1. The second-order valence-corrected chi connectivity index (χ2v) is 7.28. The number of halogens is 1. The third-order valence-corrected chi connectivity index (χ3v) is 4.80. The molecular weight excluding hydrogens is 344 g/mol. The first-order valence-electron chi connectivity index (χ1n) is 8.19. The molecule has 0 bridgehead atoms. The Balaban J connectivity index is 2.09. The van der Waals surface area contributed by atoms with E-state index < -0.39 is 11.4 Å². The fourth-order valence-electron chi connectivity index (χ4n) is 2.54. The van der Waals surface area contributed by atoms with E-state index in [-0.39, 0.29) is 22.9 Å². The SMILES string of the molecule is C[C@H](C(=O)NC(C)(CNc1cc(C(N)=O)nc(Cl)n1)C1CC1)N(C)C. The van der Waals surface area contributed by atoms with Gasteiger partial charge >= 0.3 is 0 Å². The van der Waals surface area contributed by atoms with Crippen LogP contribution in [-0.4, -0.2) is 58.9 Å². The van der Waals surface area contributed by atoms with E-state index in [2.05, 4.69) is 20.6 Å². The van der Waals surface area contributed by atoms with Crippen molar-refractivity contribution in [2.75, 3.05) is 26.0 Å². The molecule has 1 aromatic rings. The van der Waals surface area contributed by atoms with Gasteiger partial charge < -0.3 is 16.4 Å². The van der Waals surface area contributed by atoms with E-state index in [0.29, 0.717) is 18.3 Å². The molecule has 1 aromatic heterocycles. The van der Waals surface area contributed by atoms with Gasteiger partial charge in [-0.05, 0) is 58.3 Å². The monoisotopic (exact) mass is 368 g/mol. The van der Waals surface area contributed by atoms with Crippen molar-refractivity contribution in [2.45, 2.75) is 38.3 Å². The standard InChI is InChI=1S/C16H25ClN6O2/c1-9(23(3)4)14(25)22-16(2,10-5-6-10)8-19-12-7-11(13(18)24)20-15(17)21-12/h7,9-10H,5-6,8H2,1-4H3,(H2,18,24)(H,22,25)(H,19,20,21)/t9-,16?/m1/s1. The van der Waals surface area contributed by atoms with Crippen LogP contribution in [0, 0.1) is 5.92 Å². The molecule has 1 saturated carbocycles. The molecule has 1 aliphatic rings. The van der Waals surface area contributed by atoms with Crippen LogP contribution in [0.1, 0.15) is 37.2 Å². The Labute approximate surface area is 152 Å². The Hall–Kier alpha value is -1.93. The first-order valence-corrected chi connectivity index (χ1v) is 8.57. The zero-order valence-electron chi connectivity index (χ0n) is 15.0. The Morgan fingerprint density at radius 2 is 2.08 bits per heavy atom. The quantitative estimate of drug-likeness (QED) is 0.587.